The topological polar surface area (TPSA) is 52.5 Å². The van der Waals surface area contributed by atoms with Gasteiger partial charge in [-0.3, -0.25) is 0 Å². The van der Waals surface area contributed by atoms with Crippen LogP contribution in [0, 0.1) is 22.7 Å². The minimum atomic E-state index is 0.0382. The van der Waals surface area contributed by atoms with Crippen LogP contribution in [0.25, 0.3) is 27.5 Å². The van der Waals surface area contributed by atoms with E-state index in [1.54, 1.807) is 12.1 Å². The first kappa shape index (κ1) is 20.7. The monoisotopic (exact) mass is 405 g/mol. The van der Waals surface area contributed by atoms with Gasteiger partial charge >= 0.3 is 0 Å². The molecule has 0 amide bonds. The molecular weight excluding hydrogens is 378 g/mol. The summed E-state index contributed by atoms with van der Waals surface area (Å²) < 4.78 is 2.16. The Morgan fingerprint density at radius 1 is 0.645 bits per heavy atom. The Hall–Kier alpha value is -3.56. The molecule has 0 aliphatic carbocycles. The first-order chi connectivity index (χ1) is 14.5. The maximum atomic E-state index is 9.81. The largest absolute Gasteiger partial charge is 0.308 e. The zero-order valence-corrected chi connectivity index (χ0v) is 19.0. The molecule has 154 valence electrons. The van der Waals surface area contributed by atoms with Crippen LogP contribution in [0.15, 0.2) is 54.6 Å². The highest BCUT2D eigenvalue weighted by molar-refractivity contribution is 6.10. The lowest BCUT2D eigenvalue weighted by atomic mass is 9.85. The van der Waals surface area contributed by atoms with Crippen LogP contribution in [0.4, 0.5) is 0 Å². The maximum Gasteiger partial charge on any atom is 0.101 e. The van der Waals surface area contributed by atoms with E-state index in [0.29, 0.717) is 11.1 Å². The third kappa shape index (κ3) is 3.47. The molecule has 0 aliphatic heterocycles. The highest BCUT2D eigenvalue weighted by Gasteiger charge is 2.21. The maximum absolute atomic E-state index is 9.81. The molecule has 0 atom stereocenters. The molecule has 0 fully saturated rings. The van der Waals surface area contributed by atoms with E-state index in [9.17, 15) is 10.5 Å². The van der Waals surface area contributed by atoms with Gasteiger partial charge in [-0.1, -0.05) is 53.7 Å². The smallest absolute Gasteiger partial charge is 0.101 e. The van der Waals surface area contributed by atoms with Crippen LogP contribution in [-0.4, -0.2) is 4.57 Å². The standard InChI is InChI=1S/C28H27N3/c1-27(2,3)20-8-11-25-22(14-20)23-15-21(28(4,5)6)9-12-26(23)31(25)24-10-7-18(16-29)13-19(24)17-30/h7-15H,1-6H3. The molecular formula is C28H27N3. The Balaban J connectivity index is 2.15. The van der Waals surface area contributed by atoms with Gasteiger partial charge in [-0.2, -0.15) is 10.5 Å². The van der Waals surface area contributed by atoms with Crippen LogP contribution in [0.3, 0.4) is 0 Å². The predicted octanol–water partition coefficient (Wildman–Crippen LogP) is 7.12. The van der Waals surface area contributed by atoms with Crippen molar-refractivity contribution in [2.75, 3.05) is 0 Å². The molecule has 4 aromatic rings. The van der Waals surface area contributed by atoms with Gasteiger partial charge in [0.1, 0.15) is 6.07 Å². The number of hydrogen-bond acceptors (Lipinski definition) is 2. The van der Waals surface area contributed by atoms with Crippen molar-refractivity contribution in [3.8, 4) is 17.8 Å². The van der Waals surface area contributed by atoms with Gasteiger partial charge in [0.15, 0.2) is 0 Å². The van der Waals surface area contributed by atoms with Gasteiger partial charge < -0.3 is 4.57 Å². The second kappa shape index (κ2) is 7.00. The molecule has 3 aromatic carbocycles. The molecule has 0 saturated carbocycles. The summed E-state index contributed by atoms with van der Waals surface area (Å²) >= 11 is 0. The van der Waals surface area contributed by atoms with Crippen molar-refractivity contribution in [3.63, 3.8) is 0 Å². The lowest BCUT2D eigenvalue weighted by Crippen LogP contribution is -2.10. The average Bonchev–Trinajstić information content (AvgIpc) is 3.05. The molecule has 3 nitrogen and oxygen atoms in total. The first-order valence-electron chi connectivity index (χ1n) is 10.6. The van der Waals surface area contributed by atoms with E-state index in [0.717, 1.165) is 16.7 Å². The summed E-state index contributed by atoms with van der Waals surface area (Å²) in [7, 11) is 0. The summed E-state index contributed by atoms with van der Waals surface area (Å²) in [5.74, 6) is 0. The van der Waals surface area contributed by atoms with Crippen molar-refractivity contribution >= 4 is 21.8 Å². The van der Waals surface area contributed by atoms with E-state index >= 15 is 0 Å². The summed E-state index contributed by atoms with van der Waals surface area (Å²) in [6, 6.07) is 23.0. The Labute approximate surface area is 184 Å². The Bertz CT molecular complexity index is 1340. The second-order valence-electron chi connectivity index (χ2n) is 10.3. The molecule has 1 heterocycles. The minimum Gasteiger partial charge on any atom is -0.308 e. The van der Waals surface area contributed by atoms with Crippen molar-refractivity contribution in [1.29, 1.82) is 10.5 Å². The van der Waals surface area contributed by atoms with Crippen molar-refractivity contribution in [1.82, 2.24) is 4.57 Å². The number of fused-ring (bicyclic) bond motifs is 3. The van der Waals surface area contributed by atoms with Crippen LogP contribution in [0.2, 0.25) is 0 Å². The summed E-state index contributed by atoms with van der Waals surface area (Å²) in [6.45, 7) is 13.3. The number of benzene rings is 3. The second-order valence-corrected chi connectivity index (χ2v) is 10.3. The van der Waals surface area contributed by atoms with E-state index in [1.807, 2.05) is 6.07 Å². The van der Waals surface area contributed by atoms with Crippen LogP contribution >= 0.6 is 0 Å². The fourth-order valence-corrected chi connectivity index (χ4v) is 4.11. The Morgan fingerprint density at radius 2 is 1.16 bits per heavy atom. The zero-order valence-electron chi connectivity index (χ0n) is 19.0. The number of aromatic nitrogens is 1. The van der Waals surface area contributed by atoms with Gasteiger partial charge in [0.2, 0.25) is 0 Å². The fourth-order valence-electron chi connectivity index (χ4n) is 4.11. The molecule has 0 aliphatic rings. The van der Waals surface area contributed by atoms with Crippen LogP contribution in [0.1, 0.15) is 63.8 Å². The van der Waals surface area contributed by atoms with Crippen molar-refractivity contribution in [3.05, 3.63) is 76.9 Å². The molecule has 0 bridgehead atoms. The van der Waals surface area contributed by atoms with E-state index in [4.69, 9.17) is 0 Å². The van der Waals surface area contributed by atoms with Gasteiger partial charge in [-0.25, -0.2) is 0 Å². The van der Waals surface area contributed by atoms with Crippen LogP contribution < -0.4 is 0 Å². The summed E-state index contributed by atoms with van der Waals surface area (Å²) in [6.07, 6.45) is 0. The third-order valence-corrected chi connectivity index (χ3v) is 5.98. The SMILES string of the molecule is CC(C)(C)c1ccc2c(c1)c1cc(C(C)(C)C)ccc1n2-c1ccc(C#N)cc1C#N. The van der Waals surface area contributed by atoms with Gasteiger partial charge in [-0.05, 0) is 64.4 Å². The summed E-state index contributed by atoms with van der Waals surface area (Å²) in [5, 5.41) is 21.4. The molecule has 0 radical (unpaired) electrons. The van der Waals surface area contributed by atoms with E-state index in [-0.39, 0.29) is 10.8 Å². The molecule has 3 heteroatoms. The molecule has 1 aromatic heterocycles. The van der Waals surface area contributed by atoms with Crippen molar-refractivity contribution in [2.45, 2.75) is 52.4 Å². The number of rotatable bonds is 1. The normalized spacial score (nSPS) is 12.1. The summed E-state index contributed by atoms with van der Waals surface area (Å²) in [5.41, 5.74) is 6.55. The van der Waals surface area contributed by atoms with E-state index in [1.165, 1.54) is 21.9 Å². The van der Waals surface area contributed by atoms with Crippen LogP contribution in [-0.2, 0) is 10.8 Å². The van der Waals surface area contributed by atoms with Crippen molar-refractivity contribution < 1.29 is 0 Å². The van der Waals surface area contributed by atoms with E-state index in [2.05, 4.69) is 94.6 Å². The van der Waals surface area contributed by atoms with Crippen molar-refractivity contribution in [2.24, 2.45) is 0 Å². The number of nitriles is 2. The minimum absolute atomic E-state index is 0.0382. The molecule has 0 N–H and O–H groups in total. The lowest BCUT2D eigenvalue weighted by Gasteiger charge is -2.19. The zero-order chi connectivity index (χ0) is 22.6. The fraction of sp³-hybridized carbons (Fsp3) is 0.286. The quantitative estimate of drug-likeness (QED) is 0.338. The summed E-state index contributed by atoms with van der Waals surface area (Å²) in [4.78, 5) is 0. The van der Waals surface area contributed by atoms with Crippen LogP contribution in [0.5, 0.6) is 0 Å². The number of nitrogens with zero attached hydrogens (tertiary/aromatic N) is 3. The highest BCUT2D eigenvalue weighted by Crippen LogP contribution is 2.38. The van der Waals surface area contributed by atoms with Gasteiger partial charge in [0.05, 0.1) is 33.9 Å². The highest BCUT2D eigenvalue weighted by atomic mass is 15.0. The van der Waals surface area contributed by atoms with Gasteiger partial charge in [0.25, 0.3) is 0 Å². The molecule has 0 saturated heterocycles. The molecule has 4 rings (SSSR count). The predicted molar refractivity (Wildman–Crippen MR) is 128 cm³/mol. The molecule has 31 heavy (non-hydrogen) atoms. The Morgan fingerprint density at radius 3 is 1.58 bits per heavy atom. The third-order valence-electron chi connectivity index (χ3n) is 5.98. The van der Waals surface area contributed by atoms with E-state index < -0.39 is 0 Å². The van der Waals surface area contributed by atoms with Gasteiger partial charge in [-0.15, -0.1) is 0 Å². The van der Waals surface area contributed by atoms with Gasteiger partial charge in [0, 0.05) is 10.8 Å². The lowest BCUT2D eigenvalue weighted by molar-refractivity contribution is 0.590. The first-order valence-corrected chi connectivity index (χ1v) is 10.6. The number of hydrogen-bond donors (Lipinski definition) is 0. The Kier molecular flexibility index (Phi) is 4.68. The molecule has 0 spiro atoms. The molecule has 0 unspecified atom stereocenters. The average molecular weight is 406 g/mol.